The Balaban J connectivity index is 1.26. The summed E-state index contributed by atoms with van der Waals surface area (Å²) >= 11 is 3.28. The number of ether oxygens (including phenoxy) is 2. The molecule has 5 rings (SSSR count). The van der Waals surface area contributed by atoms with Crippen molar-refractivity contribution in [3.63, 3.8) is 0 Å². The topological polar surface area (TPSA) is 62.1 Å². The summed E-state index contributed by atoms with van der Waals surface area (Å²) in [5.74, 6) is 2.99. The molecule has 6 nitrogen and oxygen atoms in total. The summed E-state index contributed by atoms with van der Waals surface area (Å²) in [6, 6.07) is 16.1. The Labute approximate surface area is 182 Å². The molecule has 0 amide bonds. The van der Waals surface area contributed by atoms with Crippen LogP contribution in [0.15, 0.2) is 59.1 Å². The minimum atomic E-state index is -0.279. The maximum atomic E-state index is 6.07. The predicted octanol–water partition coefficient (Wildman–Crippen LogP) is 5.05. The minimum Gasteiger partial charge on any atom is -0.485 e. The number of benzene rings is 2. The zero-order valence-electron chi connectivity index (χ0n) is 16.6. The number of rotatable bonds is 5. The smallest absolute Gasteiger partial charge is 0.192 e. The molecular formula is C22H20N4O2S2. The van der Waals surface area contributed by atoms with Gasteiger partial charge in [-0.05, 0) is 19.1 Å². The molecule has 0 N–H and O–H groups in total. The van der Waals surface area contributed by atoms with Gasteiger partial charge in [-0.3, -0.25) is 0 Å². The molecule has 30 heavy (non-hydrogen) atoms. The monoisotopic (exact) mass is 436 g/mol. The van der Waals surface area contributed by atoms with Crippen LogP contribution in [0.4, 0.5) is 0 Å². The molecule has 0 radical (unpaired) electrons. The van der Waals surface area contributed by atoms with Gasteiger partial charge in [0.25, 0.3) is 0 Å². The van der Waals surface area contributed by atoms with E-state index in [1.807, 2.05) is 35.9 Å². The molecule has 152 valence electrons. The first-order valence-electron chi connectivity index (χ1n) is 9.59. The highest BCUT2D eigenvalue weighted by Gasteiger charge is 2.27. The maximum absolute atomic E-state index is 6.07. The number of fused-ring (bicyclic) bond motifs is 1. The van der Waals surface area contributed by atoms with Gasteiger partial charge in [0.1, 0.15) is 11.6 Å². The number of hydrogen-bond acceptors (Lipinski definition) is 7. The van der Waals surface area contributed by atoms with Crippen LogP contribution in [0.5, 0.6) is 11.5 Å². The standard InChI is InChI=1S/C22H20N4O2S2/c1-14-7-9-15(10-8-14)21-23-16(12-29-21)13-30-22-25-24-20(26(22)2)19-11-27-17-5-3-4-6-18(17)28-19/h3-10,12,19H,11,13H2,1-2H3/t19-/m1/s1. The Morgan fingerprint density at radius 1 is 1.10 bits per heavy atom. The normalized spacial score (nSPS) is 15.3. The molecule has 8 heteroatoms. The van der Waals surface area contributed by atoms with Gasteiger partial charge in [-0.15, -0.1) is 21.5 Å². The number of hydrogen-bond donors (Lipinski definition) is 0. The van der Waals surface area contributed by atoms with E-state index in [0.717, 1.165) is 44.5 Å². The fourth-order valence-electron chi connectivity index (χ4n) is 3.22. The highest BCUT2D eigenvalue weighted by atomic mass is 32.2. The molecule has 0 unspecified atom stereocenters. The number of aromatic nitrogens is 4. The largest absolute Gasteiger partial charge is 0.485 e. The first-order chi connectivity index (χ1) is 14.7. The third-order valence-corrected chi connectivity index (χ3v) is 6.86. The van der Waals surface area contributed by atoms with Crippen molar-refractivity contribution in [2.24, 2.45) is 7.05 Å². The molecular weight excluding hydrogens is 416 g/mol. The summed E-state index contributed by atoms with van der Waals surface area (Å²) < 4.78 is 13.9. The van der Waals surface area contributed by atoms with Crippen LogP contribution in [0, 0.1) is 6.92 Å². The number of aryl methyl sites for hydroxylation is 1. The Bertz CT molecular complexity index is 1170. The highest BCUT2D eigenvalue weighted by molar-refractivity contribution is 7.98. The van der Waals surface area contributed by atoms with Crippen LogP contribution in [-0.2, 0) is 12.8 Å². The number of thioether (sulfide) groups is 1. The molecule has 1 aliphatic heterocycles. The Morgan fingerprint density at radius 3 is 2.73 bits per heavy atom. The summed E-state index contributed by atoms with van der Waals surface area (Å²) in [6.45, 7) is 2.51. The van der Waals surface area contributed by atoms with Crippen LogP contribution >= 0.6 is 23.1 Å². The van der Waals surface area contributed by atoms with E-state index in [9.17, 15) is 0 Å². The molecule has 2 aromatic heterocycles. The van der Waals surface area contributed by atoms with Gasteiger partial charge in [0.05, 0.1) is 5.69 Å². The van der Waals surface area contributed by atoms with Crippen molar-refractivity contribution >= 4 is 23.1 Å². The van der Waals surface area contributed by atoms with Crippen LogP contribution in [0.2, 0.25) is 0 Å². The molecule has 3 heterocycles. The van der Waals surface area contributed by atoms with E-state index in [-0.39, 0.29) is 6.10 Å². The minimum absolute atomic E-state index is 0.279. The fraction of sp³-hybridized carbons (Fsp3) is 0.227. The number of thiazole rings is 1. The van der Waals surface area contributed by atoms with E-state index < -0.39 is 0 Å². The Kier molecular flexibility index (Phi) is 5.18. The first-order valence-corrected chi connectivity index (χ1v) is 11.5. The summed E-state index contributed by atoms with van der Waals surface area (Å²) in [6.07, 6.45) is -0.279. The van der Waals surface area contributed by atoms with Crippen molar-refractivity contribution in [2.75, 3.05) is 6.61 Å². The molecule has 0 bridgehead atoms. The van der Waals surface area contributed by atoms with Gasteiger partial charge in [0.2, 0.25) is 0 Å². The predicted molar refractivity (Wildman–Crippen MR) is 118 cm³/mol. The summed E-state index contributed by atoms with van der Waals surface area (Å²) in [7, 11) is 1.96. The third kappa shape index (κ3) is 3.80. The second kappa shape index (κ2) is 8.12. The van der Waals surface area contributed by atoms with Crippen molar-refractivity contribution in [3.05, 3.63) is 71.0 Å². The quantitative estimate of drug-likeness (QED) is 0.408. The first kappa shape index (κ1) is 19.1. The second-order valence-corrected chi connectivity index (χ2v) is 8.86. The zero-order valence-corrected chi connectivity index (χ0v) is 18.2. The summed E-state index contributed by atoms with van der Waals surface area (Å²) in [5.41, 5.74) is 3.44. The van der Waals surface area contributed by atoms with E-state index in [0.29, 0.717) is 6.61 Å². The molecule has 4 aromatic rings. The van der Waals surface area contributed by atoms with Crippen LogP contribution in [-0.4, -0.2) is 26.4 Å². The van der Waals surface area contributed by atoms with Gasteiger partial charge in [0.15, 0.2) is 28.6 Å². The highest BCUT2D eigenvalue weighted by Crippen LogP contribution is 2.36. The lowest BCUT2D eigenvalue weighted by atomic mass is 10.2. The molecule has 0 saturated heterocycles. The average Bonchev–Trinajstić information content (AvgIpc) is 3.39. The van der Waals surface area contributed by atoms with E-state index in [4.69, 9.17) is 14.5 Å². The Morgan fingerprint density at radius 2 is 1.90 bits per heavy atom. The lowest BCUT2D eigenvalue weighted by Gasteiger charge is -2.25. The van der Waals surface area contributed by atoms with E-state index in [1.165, 1.54) is 5.56 Å². The number of nitrogens with zero attached hydrogens (tertiary/aromatic N) is 4. The third-order valence-electron chi connectivity index (χ3n) is 4.86. The number of para-hydroxylation sites is 2. The second-order valence-electron chi connectivity index (χ2n) is 7.06. The SMILES string of the molecule is Cc1ccc(-c2nc(CSc3nnc([C@H]4COc5ccccc5O4)n3C)cs2)cc1. The van der Waals surface area contributed by atoms with Gasteiger partial charge in [0, 0.05) is 23.7 Å². The van der Waals surface area contributed by atoms with Crippen LogP contribution in [0.1, 0.15) is 23.2 Å². The molecule has 1 aliphatic rings. The van der Waals surface area contributed by atoms with Crippen molar-refractivity contribution in [3.8, 4) is 22.1 Å². The van der Waals surface area contributed by atoms with E-state index in [1.54, 1.807) is 23.1 Å². The van der Waals surface area contributed by atoms with Crippen molar-refractivity contribution < 1.29 is 9.47 Å². The van der Waals surface area contributed by atoms with Crippen LogP contribution in [0.25, 0.3) is 10.6 Å². The molecule has 2 aromatic carbocycles. The summed E-state index contributed by atoms with van der Waals surface area (Å²) in [4.78, 5) is 4.77. The van der Waals surface area contributed by atoms with E-state index >= 15 is 0 Å². The van der Waals surface area contributed by atoms with Crippen molar-refractivity contribution in [2.45, 2.75) is 23.9 Å². The van der Waals surface area contributed by atoms with Gasteiger partial charge >= 0.3 is 0 Å². The zero-order chi connectivity index (χ0) is 20.5. The van der Waals surface area contributed by atoms with Gasteiger partial charge in [-0.2, -0.15) is 0 Å². The van der Waals surface area contributed by atoms with Crippen LogP contribution < -0.4 is 9.47 Å². The maximum Gasteiger partial charge on any atom is 0.192 e. The molecule has 0 fully saturated rings. The lowest BCUT2D eigenvalue weighted by Crippen LogP contribution is -2.24. The Hall–Kier alpha value is -2.84. The average molecular weight is 437 g/mol. The summed E-state index contributed by atoms with van der Waals surface area (Å²) in [5, 5.41) is 12.7. The lowest BCUT2D eigenvalue weighted by molar-refractivity contribution is 0.0825. The van der Waals surface area contributed by atoms with E-state index in [2.05, 4.69) is 46.8 Å². The van der Waals surface area contributed by atoms with Crippen LogP contribution in [0.3, 0.4) is 0 Å². The molecule has 0 aliphatic carbocycles. The molecule has 0 spiro atoms. The fourth-order valence-corrected chi connectivity index (χ4v) is 4.96. The molecule has 1 atom stereocenters. The van der Waals surface area contributed by atoms with Gasteiger partial charge in [-0.1, -0.05) is 53.7 Å². The van der Waals surface area contributed by atoms with Gasteiger partial charge in [-0.25, -0.2) is 4.98 Å². The van der Waals surface area contributed by atoms with Crippen molar-refractivity contribution in [1.82, 2.24) is 19.7 Å². The van der Waals surface area contributed by atoms with Gasteiger partial charge < -0.3 is 14.0 Å². The molecule has 0 saturated carbocycles. The van der Waals surface area contributed by atoms with Crippen molar-refractivity contribution in [1.29, 1.82) is 0 Å².